The molecule has 0 amide bonds. The molecule has 1 aromatic carbocycles. The molecule has 0 spiro atoms. The van der Waals surface area contributed by atoms with Gasteiger partial charge in [-0.3, -0.25) is 19.2 Å². The highest BCUT2D eigenvalue weighted by Crippen LogP contribution is 2.04. The van der Waals surface area contributed by atoms with Crippen LogP contribution in [0.4, 0.5) is 0 Å². The molecule has 2 saturated heterocycles. The number of halogens is 1. The Balaban J connectivity index is 0. The summed E-state index contributed by atoms with van der Waals surface area (Å²) in [6.07, 6.45) is 4.09. The Kier molecular flexibility index (Phi) is 20.1. The third-order valence-electron chi connectivity index (χ3n) is 4.91. The fraction of sp³-hybridized carbons (Fsp3) is 0.565. The van der Waals surface area contributed by atoms with Crippen LogP contribution < -0.4 is 22.1 Å². The van der Waals surface area contributed by atoms with Crippen LogP contribution in [0.15, 0.2) is 30.3 Å². The Morgan fingerprint density at radius 3 is 1.61 bits per heavy atom. The van der Waals surface area contributed by atoms with E-state index in [-0.39, 0.29) is 30.5 Å². The highest BCUT2D eigenvalue weighted by atomic mass is 35.5. The lowest BCUT2D eigenvalue weighted by Gasteiger charge is -2.08. The average Bonchev–Trinajstić information content (AvgIpc) is 3.55. The van der Waals surface area contributed by atoms with Crippen molar-refractivity contribution >= 4 is 36.3 Å². The predicted molar refractivity (Wildman–Crippen MR) is 136 cm³/mol. The van der Waals surface area contributed by atoms with Crippen molar-refractivity contribution in [1.29, 1.82) is 0 Å². The van der Waals surface area contributed by atoms with Gasteiger partial charge in [0.25, 0.3) is 0 Å². The number of ether oxygens (including phenoxy) is 1. The summed E-state index contributed by atoms with van der Waals surface area (Å²) >= 11 is 0. The summed E-state index contributed by atoms with van der Waals surface area (Å²) in [5.74, 6) is -2.77. The van der Waals surface area contributed by atoms with Gasteiger partial charge in [-0.25, -0.2) is 0 Å². The molecule has 0 saturated carbocycles. The van der Waals surface area contributed by atoms with E-state index in [4.69, 9.17) is 26.8 Å². The van der Waals surface area contributed by atoms with Crippen LogP contribution in [0.1, 0.15) is 38.2 Å². The molecule has 0 radical (unpaired) electrons. The molecule has 3 rings (SSSR count). The van der Waals surface area contributed by atoms with Crippen molar-refractivity contribution in [3.8, 4) is 0 Å². The van der Waals surface area contributed by atoms with Crippen molar-refractivity contribution in [2.24, 2.45) is 11.5 Å². The van der Waals surface area contributed by atoms with Gasteiger partial charge in [0.1, 0.15) is 24.2 Å². The summed E-state index contributed by atoms with van der Waals surface area (Å²) in [6, 6.07) is 7.79. The number of rotatable bonds is 6. The molecule has 2 heterocycles. The van der Waals surface area contributed by atoms with Gasteiger partial charge in [0.2, 0.25) is 0 Å². The first-order chi connectivity index (χ1) is 16.5. The quantitative estimate of drug-likeness (QED) is 0.244. The molecule has 9 N–H and O–H groups in total. The van der Waals surface area contributed by atoms with Crippen LogP contribution in [-0.2, 0) is 30.3 Å². The van der Waals surface area contributed by atoms with E-state index < -0.39 is 30.0 Å². The highest BCUT2D eigenvalue weighted by molar-refractivity contribution is 5.85. The molecule has 4 atom stereocenters. The number of hydrogen-bond acceptors (Lipinski definition) is 9. The SMILES string of the molecule is COC(=O)[C@@H](N)Cc1ccccc1.C[C@H](N)C(=O)O.Cl.O=C(O)[C@@H]1CCCN1.O=C(O)[C@@H]1CCCN1. The molecule has 206 valence electrons. The molecule has 0 unspecified atom stereocenters. The second kappa shape index (κ2) is 20.4. The minimum absolute atomic E-state index is 0. The number of benzene rings is 1. The number of carbonyl (C=O) groups is 4. The first kappa shape index (κ1) is 35.4. The maximum Gasteiger partial charge on any atom is 0.322 e. The van der Waals surface area contributed by atoms with Gasteiger partial charge in [0.05, 0.1) is 7.11 Å². The normalized spacial score (nSPS) is 19.2. The largest absolute Gasteiger partial charge is 0.480 e. The maximum atomic E-state index is 11.0. The zero-order valence-electron chi connectivity index (χ0n) is 20.6. The third-order valence-corrected chi connectivity index (χ3v) is 4.91. The number of carboxylic acids is 3. The van der Waals surface area contributed by atoms with Gasteiger partial charge in [-0.2, -0.15) is 0 Å². The number of nitrogens with one attached hydrogen (secondary N) is 2. The molecule has 0 aromatic heterocycles. The Morgan fingerprint density at radius 1 is 0.944 bits per heavy atom. The first-order valence-corrected chi connectivity index (χ1v) is 11.3. The van der Waals surface area contributed by atoms with E-state index >= 15 is 0 Å². The van der Waals surface area contributed by atoms with Crippen molar-refractivity contribution in [2.75, 3.05) is 20.2 Å². The molecule has 13 heteroatoms. The number of methoxy groups -OCH3 is 1. The Labute approximate surface area is 217 Å². The van der Waals surface area contributed by atoms with E-state index in [9.17, 15) is 19.2 Å². The van der Waals surface area contributed by atoms with E-state index in [1.807, 2.05) is 30.3 Å². The number of carboxylic acid groups (broad SMARTS) is 3. The molecule has 36 heavy (non-hydrogen) atoms. The van der Waals surface area contributed by atoms with Crippen molar-refractivity contribution in [3.05, 3.63) is 35.9 Å². The second-order valence-electron chi connectivity index (χ2n) is 7.92. The van der Waals surface area contributed by atoms with Crippen LogP contribution in [0.5, 0.6) is 0 Å². The molecule has 0 aliphatic carbocycles. The average molecular weight is 535 g/mol. The number of esters is 1. The Bertz CT molecular complexity index is 745. The first-order valence-electron chi connectivity index (χ1n) is 11.3. The Hall–Kier alpha value is -2.77. The summed E-state index contributed by atoms with van der Waals surface area (Å²) in [4.78, 5) is 40.8. The highest BCUT2D eigenvalue weighted by Gasteiger charge is 2.20. The minimum atomic E-state index is -0.963. The van der Waals surface area contributed by atoms with Crippen molar-refractivity contribution in [3.63, 3.8) is 0 Å². The molecule has 1 aromatic rings. The summed E-state index contributed by atoms with van der Waals surface area (Å²) < 4.78 is 4.52. The maximum absolute atomic E-state index is 11.0. The van der Waals surface area contributed by atoms with E-state index in [2.05, 4.69) is 15.4 Å². The van der Waals surface area contributed by atoms with Crippen LogP contribution >= 0.6 is 12.4 Å². The predicted octanol–water partition coefficient (Wildman–Crippen LogP) is 0.215. The monoisotopic (exact) mass is 534 g/mol. The number of carbonyl (C=O) groups excluding carboxylic acids is 1. The third kappa shape index (κ3) is 16.8. The van der Waals surface area contributed by atoms with Crippen LogP contribution in [0.3, 0.4) is 0 Å². The summed E-state index contributed by atoms with van der Waals surface area (Å²) in [5, 5.41) is 30.3. The van der Waals surface area contributed by atoms with Crippen molar-refractivity contribution < 1.29 is 39.2 Å². The zero-order valence-corrected chi connectivity index (χ0v) is 21.4. The zero-order chi connectivity index (χ0) is 26.8. The number of hydrogen-bond donors (Lipinski definition) is 7. The van der Waals surface area contributed by atoms with Crippen molar-refractivity contribution in [1.82, 2.24) is 10.6 Å². The van der Waals surface area contributed by atoms with E-state index in [0.29, 0.717) is 6.42 Å². The standard InChI is InChI=1S/C10H13NO2.2C5H9NO2.C3H7NO2.ClH/c1-13-10(12)9(11)7-8-5-3-2-4-6-8;2*7-5(8)4-2-1-3-6-4;1-2(4)3(5)6;/h2-6,9H,7,11H2,1H3;2*4,6H,1-3H2,(H,7,8);2H,4H2,1H3,(H,5,6);1H/t9-;2*4-;2-;/m0000./s1. The molecule has 0 bridgehead atoms. The lowest BCUT2D eigenvalue weighted by molar-refractivity contribution is -0.142. The second-order valence-corrected chi connectivity index (χ2v) is 7.92. The molecule has 2 aliphatic heterocycles. The number of nitrogens with two attached hydrogens (primary N) is 2. The van der Waals surface area contributed by atoms with Crippen LogP contribution in [-0.4, -0.2) is 83.6 Å². The molecule has 12 nitrogen and oxygen atoms in total. The van der Waals surface area contributed by atoms with E-state index in [1.54, 1.807) is 0 Å². The molecular formula is C23H39ClN4O8. The lowest BCUT2D eigenvalue weighted by atomic mass is 10.1. The molecular weight excluding hydrogens is 496 g/mol. The lowest BCUT2D eigenvalue weighted by Crippen LogP contribution is -2.33. The van der Waals surface area contributed by atoms with Gasteiger partial charge in [-0.05, 0) is 57.7 Å². The fourth-order valence-corrected chi connectivity index (χ4v) is 2.89. The smallest absolute Gasteiger partial charge is 0.322 e. The summed E-state index contributed by atoms with van der Waals surface area (Å²) in [5.41, 5.74) is 11.5. The molecule has 2 aliphatic rings. The van der Waals surface area contributed by atoms with Gasteiger partial charge in [0, 0.05) is 0 Å². The van der Waals surface area contributed by atoms with Crippen molar-refractivity contribution in [2.45, 2.75) is 63.2 Å². The minimum Gasteiger partial charge on any atom is -0.480 e. The topological polar surface area (TPSA) is 214 Å². The molecule has 2 fully saturated rings. The number of aliphatic carboxylic acids is 3. The summed E-state index contributed by atoms with van der Waals surface area (Å²) in [7, 11) is 1.34. The van der Waals surface area contributed by atoms with Gasteiger partial charge < -0.3 is 42.2 Å². The van der Waals surface area contributed by atoms with Gasteiger partial charge in [-0.15, -0.1) is 12.4 Å². The van der Waals surface area contributed by atoms with E-state index in [1.165, 1.54) is 14.0 Å². The fourth-order valence-electron chi connectivity index (χ4n) is 2.89. The Morgan fingerprint density at radius 2 is 1.36 bits per heavy atom. The van der Waals surface area contributed by atoms with Crippen LogP contribution in [0.2, 0.25) is 0 Å². The van der Waals surface area contributed by atoms with Crippen LogP contribution in [0.25, 0.3) is 0 Å². The van der Waals surface area contributed by atoms with Gasteiger partial charge in [0.15, 0.2) is 0 Å². The summed E-state index contributed by atoms with van der Waals surface area (Å²) in [6.45, 7) is 3.14. The van der Waals surface area contributed by atoms with E-state index in [0.717, 1.165) is 44.3 Å². The van der Waals surface area contributed by atoms with Gasteiger partial charge in [-0.1, -0.05) is 30.3 Å². The van der Waals surface area contributed by atoms with Gasteiger partial charge >= 0.3 is 23.9 Å². The van der Waals surface area contributed by atoms with Crippen LogP contribution in [0, 0.1) is 0 Å².